The lowest BCUT2D eigenvalue weighted by Crippen LogP contribution is -2.05. The molecule has 1 aromatic carbocycles. The zero-order chi connectivity index (χ0) is 13.7. The first-order chi connectivity index (χ1) is 9.20. The SMILES string of the molecule is CCCNc1ncc(F)c(Oc2ccccc2Br)n1. The maximum absolute atomic E-state index is 13.6. The molecule has 0 spiro atoms. The van der Waals surface area contributed by atoms with Gasteiger partial charge in [0.25, 0.3) is 5.88 Å². The van der Waals surface area contributed by atoms with Crippen LogP contribution in [-0.2, 0) is 0 Å². The summed E-state index contributed by atoms with van der Waals surface area (Å²) in [4.78, 5) is 7.86. The molecule has 0 fully saturated rings. The van der Waals surface area contributed by atoms with Crippen molar-refractivity contribution in [3.8, 4) is 11.6 Å². The molecule has 1 aromatic heterocycles. The highest BCUT2D eigenvalue weighted by Crippen LogP contribution is 2.29. The Balaban J connectivity index is 2.21. The first-order valence-corrected chi connectivity index (χ1v) is 6.68. The topological polar surface area (TPSA) is 47.0 Å². The van der Waals surface area contributed by atoms with Crippen molar-refractivity contribution in [1.82, 2.24) is 9.97 Å². The fourth-order valence-corrected chi connectivity index (χ4v) is 1.74. The number of benzene rings is 1. The van der Waals surface area contributed by atoms with Gasteiger partial charge in [-0.25, -0.2) is 4.98 Å². The average molecular weight is 326 g/mol. The van der Waals surface area contributed by atoms with Crippen LogP contribution in [0, 0.1) is 5.82 Å². The number of para-hydroxylation sites is 1. The Labute approximate surface area is 119 Å². The number of ether oxygens (including phenoxy) is 1. The lowest BCUT2D eigenvalue weighted by atomic mass is 10.3. The van der Waals surface area contributed by atoms with Crippen molar-refractivity contribution in [2.24, 2.45) is 0 Å². The summed E-state index contributed by atoms with van der Waals surface area (Å²) in [5, 5.41) is 2.98. The third-order valence-electron chi connectivity index (χ3n) is 2.29. The molecular weight excluding hydrogens is 313 g/mol. The Morgan fingerprint density at radius 3 is 2.89 bits per heavy atom. The van der Waals surface area contributed by atoms with E-state index in [0.717, 1.165) is 23.6 Å². The van der Waals surface area contributed by atoms with Crippen LogP contribution in [0.5, 0.6) is 11.6 Å². The van der Waals surface area contributed by atoms with Crippen LogP contribution in [0.2, 0.25) is 0 Å². The fourth-order valence-electron chi connectivity index (χ4n) is 1.38. The van der Waals surface area contributed by atoms with Crippen molar-refractivity contribution in [3.05, 3.63) is 40.8 Å². The minimum Gasteiger partial charge on any atom is -0.435 e. The van der Waals surface area contributed by atoms with Gasteiger partial charge in [0.1, 0.15) is 5.75 Å². The summed E-state index contributed by atoms with van der Waals surface area (Å²) in [7, 11) is 0. The number of nitrogens with one attached hydrogen (secondary N) is 1. The van der Waals surface area contributed by atoms with Gasteiger partial charge < -0.3 is 10.1 Å². The highest BCUT2D eigenvalue weighted by Gasteiger charge is 2.10. The molecule has 0 amide bonds. The molecule has 1 heterocycles. The maximum Gasteiger partial charge on any atom is 0.260 e. The van der Waals surface area contributed by atoms with Crippen LogP contribution in [0.1, 0.15) is 13.3 Å². The van der Waals surface area contributed by atoms with Gasteiger partial charge in [0.2, 0.25) is 11.8 Å². The molecule has 0 saturated carbocycles. The molecule has 0 unspecified atom stereocenters. The van der Waals surface area contributed by atoms with Gasteiger partial charge in [-0.3, -0.25) is 0 Å². The van der Waals surface area contributed by atoms with Gasteiger partial charge in [0.05, 0.1) is 10.7 Å². The van der Waals surface area contributed by atoms with E-state index in [9.17, 15) is 4.39 Å². The molecule has 1 N–H and O–H groups in total. The number of hydrogen-bond donors (Lipinski definition) is 1. The zero-order valence-electron chi connectivity index (χ0n) is 10.4. The second-order valence-corrected chi connectivity index (χ2v) is 4.66. The first kappa shape index (κ1) is 13.7. The number of rotatable bonds is 5. The molecular formula is C13H13BrFN3O. The molecule has 0 aliphatic rings. The summed E-state index contributed by atoms with van der Waals surface area (Å²) in [5.41, 5.74) is 0. The molecule has 0 aliphatic carbocycles. The second-order valence-electron chi connectivity index (χ2n) is 3.81. The highest BCUT2D eigenvalue weighted by atomic mass is 79.9. The fraction of sp³-hybridized carbons (Fsp3) is 0.231. The molecule has 0 aliphatic heterocycles. The van der Waals surface area contributed by atoms with E-state index in [1.165, 1.54) is 0 Å². The van der Waals surface area contributed by atoms with E-state index in [4.69, 9.17) is 4.74 Å². The second kappa shape index (κ2) is 6.47. The zero-order valence-corrected chi connectivity index (χ0v) is 11.9. The van der Waals surface area contributed by atoms with Crippen LogP contribution in [0.4, 0.5) is 10.3 Å². The summed E-state index contributed by atoms with van der Waals surface area (Å²) in [6.45, 7) is 2.75. The molecule has 2 aromatic rings. The van der Waals surface area contributed by atoms with Crippen molar-refractivity contribution in [3.63, 3.8) is 0 Å². The average Bonchev–Trinajstić information content (AvgIpc) is 2.42. The van der Waals surface area contributed by atoms with Gasteiger partial charge in [-0.15, -0.1) is 0 Å². The van der Waals surface area contributed by atoms with E-state index in [-0.39, 0.29) is 5.88 Å². The summed E-state index contributed by atoms with van der Waals surface area (Å²) in [6.07, 6.45) is 2.03. The van der Waals surface area contributed by atoms with Gasteiger partial charge in [-0.1, -0.05) is 19.1 Å². The van der Waals surface area contributed by atoms with E-state index >= 15 is 0 Å². The summed E-state index contributed by atoms with van der Waals surface area (Å²) < 4.78 is 19.8. The van der Waals surface area contributed by atoms with E-state index in [2.05, 4.69) is 31.2 Å². The molecule has 0 saturated heterocycles. The molecule has 19 heavy (non-hydrogen) atoms. The Morgan fingerprint density at radius 1 is 1.37 bits per heavy atom. The third kappa shape index (κ3) is 3.64. The van der Waals surface area contributed by atoms with Crippen molar-refractivity contribution in [2.75, 3.05) is 11.9 Å². The van der Waals surface area contributed by atoms with Gasteiger partial charge in [0.15, 0.2) is 0 Å². The van der Waals surface area contributed by atoms with E-state index in [1.54, 1.807) is 12.1 Å². The predicted octanol–water partition coefficient (Wildman–Crippen LogP) is 3.99. The minimum absolute atomic E-state index is 0.0968. The number of aromatic nitrogens is 2. The Kier molecular flexibility index (Phi) is 4.68. The Morgan fingerprint density at radius 2 is 2.16 bits per heavy atom. The molecule has 100 valence electrons. The van der Waals surface area contributed by atoms with Crippen LogP contribution >= 0.6 is 15.9 Å². The van der Waals surface area contributed by atoms with Gasteiger partial charge in [-0.05, 0) is 34.5 Å². The largest absolute Gasteiger partial charge is 0.435 e. The lowest BCUT2D eigenvalue weighted by Gasteiger charge is -2.09. The number of nitrogens with zero attached hydrogens (tertiary/aromatic N) is 2. The first-order valence-electron chi connectivity index (χ1n) is 5.89. The number of anilines is 1. The molecule has 0 radical (unpaired) electrons. The maximum atomic E-state index is 13.6. The molecule has 0 atom stereocenters. The Bertz CT molecular complexity index is 565. The molecule has 6 heteroatoms. The monoisotopic (exact) mass is 325 g/mol. The quantitative estimate of drug-likeness (QED) is 0.902. The van der Waals surface area contributed by atoms with Gasteiger partial charge in [0, 0.05) is 6.54 Å². The smallest absolute Gasteiger partial charge is 0.260 e. The van der Waals surface area contributed by atoms with Crippen LogP contribution in [0.3, 0.4) is 0 Å². The molecule has 4 nitrogen and oxygen atoms in total. The molecule has 2 rings (SSSR count). The van der Waals surface area contributed by atoms with Crippen LogP contribution in [0.25, 0.3) is 0 Å². The number of hydrogen-bond acceptors (Lipinski definition) is 4. The predicted molar refractivity (Wildman–Crippen MR) is 75.0 cm³/mol. The van der Waals surface area contributed by atoms with Gasteiger partial charge in [-0.2, -0.15) is 9.37 Å². The van der Waals surface area contributed by atoms with Crippen molar-refractivity contribution < 1.29 is 9.13 Å². The Hall–Kier alpha value is -1.69. The van der Waals surface area contributed by atoms with E-state index in [0.29, 0.717) is 11.7 Å². The van der Waals surface area contributed by atoms with E-state index < -0.39 is 5.82 Å². The lowest BCUT2D eigenvalue weighted by molar-refractivity contribution is 0.418. The third-order valence-corrected chi connectivity index (χ3v) is 2.94. The van der Waals surface area contributed by atoms with Gasteiger partial charge >= 0.3 is 0 Å². The van der Waals surface area contributed by atoms with Crippen molar-refractivity contribution in [1.29, 1.82) is 0 Å². The van der Waals surface area contributed by atoms with Crippen molar-refractivity contribution in [2.45, 2.75) is 13.3 Å². The summed E-state index contributed by atoms with van der Waals surface area (Å²) in [5.74, 6) is 0.158. The summed E-state index contributed by atoms with van der Waals surface area (Å²) in [6, 6.07) is 7.19. The summed E-state index contributed by atoms with van der Waals surface area (Å²) >= 11 is 3.33. The highest BCUT2D eigenvalue weighted by molar-refractivity contribution is 9.10. The normalized spacial score (nSPS) is 10.3. The van der Waals surface area contributed by atoms with Crippen LogP contribution < -0.4 is 10.1 Å². The molecule has 0 bridgehead atoms. The number of halogens is 2. The van der Waals surface area contributed by atoms with Crippen molar-refractivity contribution >= 4 is 21.9 Å². The van der Waals surface area contributed by atoms with E-state index in [1.807, 2.05) is 19.1 Å². The van der Waals surface area contributed by atoms with Crippen LogP contribution in [0.15, 0.2) is 34.9 Å². The standard InChI is InChI=1S/C13H13BrFN3O/c1-2-7-16-13-17-8-10(15)12(18-13)19-11-6-4-3-5-9(11)14/h3-6,8H,2,7H2,1H3,(H,16,17,18). The minimum atomic E-state index is -0.599. The van der Waals surface area contributed by atoms with Crippen LogP contribution in [-0.4, -0.2) is 16.5 Å².